The highest BCUT2D eigenvalue weighted by Gasteiger charge is 2.35. The van der Waals surface area contributed by atoms with Gasteiger partial charge in [0.25, 0.3) is 0 Å². The summed E-state index contributed by atoms with van der Waals surface area (Å²) in [7, 11) is 0. The Kier molecular flexibility index (Phi) is 2.52. The van der Waals surface area contributed by atoms with Crippen LogP contribution >= 0.6 is 0 Å². The minimum Gasteiger partial charge on any atom is -0.443 e. The molecule has 0 aliphatic carbocycles. The van der Waals surface area contributed by atoms with Crippen LogP contribution in [0.5, 0.6) is 0 Å². The molecule has 0 bridgehead atoms. The van der Waals surface area contributed by atoms with Crippen molar-refractivity contribution >= 4 is 5.97 Å². The number of hydrogen-bond acceptors (Lipinski definition) is 3. The zero-order chi connectivity index (χ0) is 9.30. The maximum Gasteiger partial charge on any atom is 0.334 e. The molecule has 12 heavy (non-hydrogen) atoms. The minimum atomic E-state index is -0.304. The number of hydrogen-bond donors (Lipinski definition) is 0. The molecule has 1 saturated heterocycles. The largest absolute Gasteiger partial charge is 0.443 e. The van der Waals surface area contributed by atoms with Gasteiger partial charge in [0, 0.05) is 18.2 Å². The summed E-state index contributed by atoms with van der Waals surface area (Å²) in [5, 5.41) is 0. The van der Waals surface area contributed by atoms with Crippen molar-refractivity contribution in [3.63, 3.8) is 0 Å². The molecular formula is C9H15NO2. The molecule has 1 heterocycles. The lowest BCUT2D eigenvalue weighted by atomic mass is 10.4. The molecule has 0 aromatic heterocycles. The van der Waals surface area contributed by atoms with Crippen molar-refractivity contribution in [2.24, 2.45) is 0 Å². The van der Waals surface area contributed by atoms with Gasteiger partial charge in [-0.1, -0.05) is 6.58 Å². The monoisotopic (exact) mass is 169 g/mol. The number of nitrogens with zero attached hydrogens (tertiary/aromatic N) is 1. The maximum absolute atomic E-state index is 11.0. The number of rotatable bonds is 3. The molecule has 3 nitrogen and oxygen atoms in total. The fourth-order valence-corrected chi connectivity index (χ4v) is 1.09. The van der Waals surface area contributed by atoms with Crippen LogP contribution < -0.4 is 0 Å². The molecule has 68 valence electrons. The fraction of sp³-hybridized carbons (Fsp3) is 0.667. The first-order valence-electron chi connectivity index (χ1n) is 4.14. The number of carbonyl (C=O) groups excluding carboxylic acids is 1. The highest BCUT2D eigenvalue weighted by Crippen LogP contribution is 2.21. The van der Waals surface area contributed by atoms with Crippen molar-refractivity contribution in [2.75, 3.05) is 6.54 Å². The third-order valence-corrected chi connectivity index (χ3v) is 2.00. The van der Waals surface area contributed by atoms with Crippen molar-refractivity contribution in [2.45, 2.75) is 33.0 Å². The Balaban J connectivity index is 2.31. The van der Waals surface area contributed by atoms with Crippen LogP contribution in [-0.4, -0.2) is 29.7 Å². The molecule has 1 rings (SSSR count). The standard InChI is InChI=1S/C9H15NO2/c1-6(2)9(11)12-8(4)10-5-7(10)3/h7-8H,1,5H2,2-4H3. The normalized spacial score (nSPS) is 29.2. The zero-order valence-corrected chi connectivity index (χ0v) is 7.83. The van der Waals surface area contributed by atoms with Gasteiger partial charge in [0.05, 0.1) is 0 Å². The quantitative estimate of drug-likeness (QED) is 0.360. The Morgan fingerprint density at radius 3 is 2.58 bits per heavy atom. The van der Waals surface area contributed by atoms with Crippen molar-refractivity contribution in [3.05, 3.63) is 12.2 Å². The molecule has 1 fully saturated rings. The molecule has 0 radical (unpaired) electrons. The average molecular weight is 169 g/mol. The molecular weight excluding hydrogens is 154 g/mol. The van der Waals surface area contributed by atoms with E-state index < -0.39 is 0 Å². The van der Waals surface area contributed by atoms with E-state index >= 15 is 0 Å². The Bertz CT molecular complexity index is 213. The van der Waals surface area contributed by atoms with E-state index in [1.807, 2.05) is 6.92 Å². The third kappa shape index (κ3) is 2.08. The number of ether oxygens (including phenoxy) is 1. The Morgan fingerprint density at radius 1 is 1.75 bits per heavy atom. The predicted molar refractivity (Wildman–Crippen MR) is 46.5 cm³/mol. The molecule has 1 aliphatic heterocycles. The Labute approximate surface area is 73.0 Å². The van der Waals surface area contributed by atoms with E-state index in [1.165, 1.54) is 0 Å². The summed E-state index contributed by atoms with van der Waals surface area (Å²) in [5.41, 5.74) is 0.455. The molecule has 3 heteroatoms. The molecule has 3 atom stereocenters. The second kappa shape index (κ2) is 3.27. The first-order valence-corrected chi connectivity index (χ1v) is 4.14. The summed E-state index contributed by atoms with van der Waals surface area (Å²) < 4.78 is 5.09. The lowest BCUT2D eigenvalue weighted by Gasteiger charge is -2.14. The Morgan fingerprint density at radius 2 is 2.25 bits per heavy atom. The molecule has 0 spiro atoms. The van der Waals surface area contributed by atoms with E-state index in [1.54, 1.807) is 6.92 Å². The van der Waals surface area contributed by atoms with Crippen LogP contribution in [0.4, 0.5) is 0 Å². The second-order valence-corrected chi connectivity index (χ2v) is 3.33. The molecule has 0 amide bonds. The van der Waals surface area contributed by atoms with Gasteiger partial charge < -0.3 is 4.74 Å². The maximum atomic E-state index is 11.0. The van der Waals surface area contributed by atoms with Gasteiger partial charge in [0.1, 0.15) is 0 Å². The van der Waals surface area contributed by atoms with E-state index in [0.717, 1.165) is 6.54 Å². The lowest BCUT2D eigenvalue weighted by Crippen LogP contribution is -2.23. The molecule has 3 unspecified atom stereocenters. The smallest absolute Gasteiger partial charge is 0.334 e. The molecule has 0 N–H and O–H groups in total. The van der Waals surface area contributed by atoms with Crippen LogP contribution in [0.1, 0.15) is 20.8 Å². The summed E-state index contributed by atoms with van der Waals surface area (Å²) in [6.45, 7) is 10.2. The summed E-state index contributed by atoms with van der Waals surface area (Å²) in [5.74, 6) is -0.304. The fourth-order valence-electron chi connectivity index (χ4n) is 1.09. The van der Waals surface area contributed by atoms with E-state index in [2.05, 4.69) is 18.4 Å². The summed E-state index contributed by atoms with van der Waals surface area (Å²) in [6.07, 6.45) is -0.107. The van der Waals surface area contributed by atoms with Crippen LogP contribution in [-0.2, 0) is 9.53 Å². The van der Waals surface area contributed by atoms with Gasteiger partial charge in [-0.15, -0.1) is 0 Å². The van der Waals surface area contributed by atoms with Gasteiger partial charge in [0.2, 0.25) is 0 Å². The summed E-state index contributed by atoms with van der Waals surface area (Å²) >= 11 is 0. The molecule has 0 aromatic rings. The summed E-state index contributed by atoms with van der Waals surface area (Å²) in [4.78, 5) is 13.1. The van der Waals surface area contributed by atoms with Crippen molar-refractivity contribution in [3.8, 4) is 0 Å². The van der Waals surface area contributed by atoms with Gasteiger partial charge in [0.15, 0.2) is 6.23 Å². The summed E-state index contributed by atoms with van der Waals surface area (Å²) in [6, 6.07) is 0.554. The van der Waals surface area contributed by atoms with E-state index in [-0.39, 0.29) is 12.2 Å². The second-order valence-electron chi connectivity index (χ2n) is 3.33. The van der Waals surface area contributed by atoms with Crippen LogP contribution in [0.3, 0.4) is 0 Å². The van der Waals surface area contributed by atoms with Crippen molar-refractivity contribution in [1.29, 1.82) is 0 Å². The highest BCUT2D eigenvalue weighted by molar-refractivity contribution is 5.87. The third-order valence-electron chi connectivity index (χ3n) is 2.00. The average Bonchev–Trinajstić information content (AvgIpc) is 2.66. The van der Waals surface area contributed by atoms with Gasteiger partial charge in [-0.25, -0.2) is 4.79 Å². The van der Waals surface area contributed by atoms with E-state index in [4.69, 9.17) is 4.74 Å². The van der Waals surface area contributed by atoms with Gasteiger partial charge in [-0.05, 0) is 20.8 Å². The van der Waals surface area contributed by atoms with Crippen LogP contribution in [0.15, 0.2) is 12.2 Å². The topological polar surface area (TPSA) is 29.3 Å². The first kappa shape index (κ1) is 9.26. The lowest BCUT2D eigenvalue weighted by molar-refractivity contribution is -0.148. The SMILES string of the molecule is C=C(C)C(=O)OC(C)N1CC1C. The van der Waals surface area contributed by atoms with Crippen LogP contribution in [0.2, 0.25) is 0 Å². The zero-order valence-electron chi connectivity index (χ0n) is 7.83. The van der Waals surface area contributed by atoms with E-state index in [0.29, 0.717) is 11.6 Å². The molecule has 1 aliphatic rings. The van der Waals surface area contributed by atoms with Gasteiger partial charge in [-0.3, -0.25) is 4.90 Å². The van der Waals surface area contributed by atoms with E-state index in [9.17, 15) is 4.79 Å². The minimum absolute atomic E-state index is 0.107. The van der Waals surface area contributed by atoms with Crippen molar-refractivity contribution in [1.82, 2.24) is 4.90 Å². The predicted octanol–water partition coefficient (Wildman–Crippen LogP) is 1.16. The molecule has 0 aromatic carbocycles. The van der Waals surface area contributed by atoms with Crippen molar-refractivity contribution < 1.29 is 9.53 Å². The number of esters is 1. The van der Waals surface area contributed by atoms with Crippen LogP contribution in [0.25, 0.3) is 0 Å². The van der Waals surface area contributed by atoms with Gasteiger partial charge in [-0.2, -0.15) is 0 Å². The molecule has 0 saturated carbocycles. The van der Waals surface area contributed by atoms with Crippen LogP contribution in [0, 0.1) is 0 Å². The Hall–Kier alpha value is -0.830. The van der Waals surface area contributed by atoms with Gasteiger partial charge >= 0.3 is 5.97 Å². The highest BCUT2D eigenvalue weighted by atomic mass is 16.6. The number of carbonyl (C=O) groups is 1. The first-order chi connectivity index (χ1) is 5.52.